The van der Waals surface area contributed by atoms with Crippen LogP contribution in [-0.2, 0) is 9.53 Å². The van der Waals surface area contributed by atoms with Gasteiger partial charge >= 0.3 is 11.7 Å². The minimum atomic E-state index is -0.628. The molecule has 8 nitrogen and oxygen atoms in total. The molecular formula is C19H17ClN2O6. The Hall–Kier alpha value is -3.13. The first-order valence-electron chi connectivity index (χ1n) is 8.61. The summed E-state index contributed by atoms with van der Waals surface area (Å²) >= 11 is 5.77. The van der Waals surface area contributed by atoms with Gasteiger partial charge in [-0.25, -0.2) is 4.79 Å². The number of nitro groups is 1. The van der Waals surface area contributed by atoms with E-state index in [-0.39, 0.29) is 34.5 Å². The van der Waals surface area contributed by atoms with E-state index in [0.29, 0.717) is 18.8 Å². The second-order valence-corrected chi connectivity index (χ2v) is 6.60. The van der Waals surface area contributed by atoms with Crippen LogP contribution in [0.25, 0.3) is 0 Å². The van der Waals surface area contributed by atoms with Crippen LogP contribution in [-0.4, -0.2) is 41.4 Å². The standard InChI is InChI=1S/C19H17ClN2O6/c20-14-5-8-17(16(11-14)22(25)26)28-15-6-3-13(4-7-15)19(24)27-12-18(23)21-9-1-2-10-21/h3-8,11H,1-2,9-10,12H2. The van der Waals surface area contributed by atoms with E-state index in [2.05, 4.69) is 0 Å². The maximum Gasteiger partial charge on any atom is 0.338 e. The Balaban J connectivity index is 1.61. The maximum absolute atomic E-state index is 12.1. The summed E-state index contributed by atoms with van der Waals surface area (Å²) in [4.78, 5) is 36.2. The molecule has 2 aromatic rings. The third-order valence-electron chi connectivity index (χ3n) is 4.22. The highest BCUT2D eigenvalue weighted by molar-refractivity contribution is 6.30. The summed E-state index contributed by atoms with van der Waals surface area (Å²) in [6, 6.07) is 9.95. The number of esters is 1. The highest BCUT2D eigenvalue weighted by Gasteiger charge is 2.20. The molecule has 1 fully saturated rings. The number of nitrogens with zero attached hydrogens (tertiary/aromatic N) is 2. The predicted molar refractivity (Wildman–Crippen MR) is 101 cm³/mol. The molecule has 1 heterocycles. The number of halogens is 1. The number of carbonyl (C=O) groups excluding carboxylic acids is 2. The summed E-state index contributed by atoms with van der Waals surface area (Å²) in [6.45, 7) is 1.09. The lowest BCUT2D eigenvalue weighted by molar-refractivity contribution is -0.385. The number of carbonyl (C=O) groups is 2. The topological polar surface area (TPSA) is 99.0 Å². The van der Waals surface area contributed by atoms with E-state index in [4.69, 9.17) is 21.1 Å². The van der Waals surface area contributed by atoms with Crippen LogP contribution in [0.3, 0.4) is 0 Å². The van der Waals surface area contributed by atoms with Gasteiger partial charge in [-0.3, -0.25) is 14.9 Å². The van der Waals surface area contributed by atoms with Crippen molar-refractivity contribution in [2.45, 2.75) is 12.8 Å². The van der Waals surface area contributed by atoms with Gasteiger partial charge in [0.1, 0.15) is 5.75 Å². The quantitative estimate of drug-likeness (QED) is 0.412. The largest absolute Gasteiger partial charge is 0.452 e. The van der Waals surface area contributed by atoms with Crippen molar-refractivity contribution in [2.75, 3.05) is 19.7 Å². The van der Waals surface area contributed by atoms with Gasteiger partial charge < -0.3 is 14.4 Å². The molecule has 1 aliphatic heterocycles. The van der Waals surface area contributed by atoms with Crippen molar-refractivity contribution in [1.82, 2.24) is 4.90 Å². The smallest absolute Gasteiger partial charge is 0.338 e. The number of amides is 1. The van der Waals surface area contributed by atoms with Crippen molar-refractivity contribution in [3.8, 4) is 11.5 Å². The van der Waals surface area contributed by atoms with Crippen LogP contribution < -0.4 is 4.74 Å². The minimum Gasteiger partial charge on any atom is -0.452 e. The number of hydrogen-bond donors (Lipinski definition) is 0. The van der Waals surface area contributed by atoms with Crippen LogP contribution in [0.15, 0.2) is 42.5 Å². The molecule has 0 bridgehead atoms. The minimum absolute atomic E-state index is 0.0286. The molecule has 1 aliphatic rings. The fourth-order valence-corrected chi connectivity index (χ4v) is 2.94. The molecule has 1 amide bonds. The molecule has 0 atom stereocenters. The molecule has 28 heavy (non-hydrogen) atoms. The monoisotopic (exact) mass is 404 g/mol. The van der Waals surface area contributed by atoms with E-state index < -0.39 is 10.9 Å². The fourth-order valence-electron chi connectivity index (χ4n) is 2.77. The summed E-state index contributed by atoms with van der Waals surface area (Å²) in [5, 5.41) is 11.3. The van der Waals surface area contributed by atoms with Crippen LogP contribution >= 0.6 is 11.6 Å². The van der Waals surface area contributed by atoms with E-state index in [1.54, 1.807) is 4.90 Å². The summed E-state index contributed by atoms with van der Waals surface area (Å²) in [5.74, 6) is -0.506. The van der Waals surface area contributed by atoms with E-state index in [9.17, 15) is 19.7 Å². The molecule has 9 heteroatoms. The summed E-state index contributed by atoms with van der Waals surface area (Å²) in [7, 11) is 0. The van der Waals surface area contributed by atoms with Crippen molar-refractivity contribution < 1.29 is 24.0 Å². The molecule has 0 aromatic heterocycles. The Morgan fingerprint density at radius 2 is 1.79 bits per heavy atom. The maximum atomic E-state index is 12.1. The van der Waals surface area contributed by atoms with Gasteiger partial charge in [-0.05, 0) is 49.2 Å². The highest BCUT2D eigenvalue weighted by atomic mass is 35.5. The summed E-state index contributed by atoms with van der Waals surface area (Å²) < 4.78 is 10.6. The molecule has 0 aliphatic carbocycles. The zero-order valence-electron chi connectivity index (χ0n) is 14.8. The third-order valence-corrected chi connectivity index (χ3v) is 4.46. The third kappa shape index (κ3) is 4.77. The van der Waals surface area contributed by atoms with Crippen LogP contribution in [0, 0.1) is 10.1 Å². The first-order chi connectivity index (χ1) is 13.4. The molecule has 0 spiro atoms. The Bertz CT molecular complexity index is 894. The SMILES string of the molecule is O=C(OCC(=O)N1CCCC1)c1ccc(Oc2ccc(Cl)cc2[N+](=O)[O-])cc1. The van der Waals surface area contributed by atoms with Crippen LogP contribution in [0.1, 0.15) is 23.2 Å². The number of hydrogen-bond acceptors (Lipinski definition) is 6. The van der Waals surface area contributed by atoms with Gasteiger partial charge in [0, 0.05) is 24.2 Å². The second kappa shape index (κ2) is 8.71. The Morgan fingerprint density at radius 1 is 1.11 bits per heavy atom. The molecule has 1 saturated heterocycles. The molecule has 0 saturated carbocycles. The van der Waals surface area contributed by atoms with Gasteiger partial charge in [0.2, 0.25) is 5.75 Å². The zero-order chi connectivity index (χ0) is 20.1. The number of benzene rings is 2. The summed E-state index contributed by atoms with van der Waals surface area (Å²) in [5.41, 5.74) is -0.0245. The predicted octanol–water partition coefficient (Wildman–Crippen LogP) is 3.82. The van der Waals surface area contributed by atoms with Crippen molar-refractivity contribution in [3.63, 3.8) is 0 Å². The Labute approximate surface area is 165 Å². The zero-order valence-corrected chi connectivity index (χ0v) is 15.6. The average Bonchev–Trinajstić information content (AvgIpc) is 3.22. The van der Waals surface area contributed by atoms with Gasteiger partial charge in [-0.1, -0.05) is 11.6 Å². The first kappa shape index (κ1) is 19.6. The van der Waals surface area contributed by atoms with Crippen LogP contribution in [0.5, 0.6) is 11.5 Å². The van der Waals surface area contributed by atoms with Crippen molar-refractivity contribution in [3.05, 3.63) is 63.2 Å². The Morgan fingerprint density at radius 3 is 2.43 bits per heavy atom. The lowest BCUT2D eigenvalue weighted by Crippen LogP contribution is -2.32. The second-order valence-electron chi connectivity index (χ2n) is 6.16. The van der Waals surface area contributed by atoms with E-state index in [0.717, 1.165) is 12.8 Å². The van der Waals surface area contributed by atoms with Crippen LogP contribution in [0.4, 0.5) is 5.69 Å². The van der Waals surface area contributed by atoms with Crippen molar-refractivity contribution >= 4 is 29.2 Å². The molecule has 0 N–H and O–H groups in total. The van der Waals surface area contributed by atoms with Crippen molar-refractivity contribution in [2.24, 2.45) is 0 Å². The molecule has 3 rings (SSSR count). The molecule has 0 radical (unpaired) electrons. The number of rotatable bonds is 6. The number of nitro benzene ring substituents is 1. The van der Waals surface area contributed by atoms with Crippen LogP contribution in [0.2, 0.25) is 5.02 Å². The van der Waals surface area contributed by atoms with E-state index in [1.165, 1.54) is 42.5 Å². The molecule has 0 unspecified atom stereocenters. The number of likely N-dealkylation sites (tertiary alicyclic amines) is 1. The van der Waals surface area contributed by atoms with Gasteiger partial charge in [-0.15, -0.1) is 0 Å². The van der Waals surface area contributed by atoms with Crippen molar-refractivity contribution in [1.29, 1.82) is 0 Å². The molecule has 2 aromatic carbocycles. The van der Waals surface area contributed by atoms with Gasteiger partial charge in [0.05, 0.1) is 10.5 Å². The lowest BCUT2D eigenvalue weighted by atomic mass is 10.2. The lowest BCUT2D eigenvalue weighted by Gasteiger charge is -2.14. The molecular weight excluding hydrogens is 388 g/mol. The van der Waals surface area contributed by atoms with Gasteiger partial charge in [-0.2, -0.15) is 0 Å². The Kier molecular flexibility index (Phi) is 6.10. The van der Waals surface area contributed by atoms with E-state index >= 15 is 0 Å². The van der Waals surface area contributed by atoms with Gasteiger partial charge in [0.25, 0.3) is 5.91 Å². The first-order valence-corrected chi connectivity index (χ1v) is 8.98. The fraction of sp³-hybridized carbons (Fsp3) is 0.263. The highest BCUT2D eigenvalue weighted by Crippen LogP contribution is 2.33. The van der Waals surface area contributed by atoms with E-state index in [1.807, 2.05) is 0 Å². The average molecular weight is 405 g/mol. The number of ether oxygens (including phenoxy) is 2. The normalized spacial score (nSPS) is 13.2. The van der Waals surface area contributed by atoms with Gasteiger partial charge in [0.15, 0.2) is 6.61 Å². The molecule has 146 valence electrons. The summed E-state index contributed by atoms with van der Waals surface area (Å²) in [6.07, 6.45) is 1.93.